The molecular formula is C19H24N4O2S. The van der Waals surface area contributed by atoms with E-state index < -0.39 is 10.0 Å². The van der Waals surface area contributed by atoms with Gasteiger partial charge in [-0.2, -0.15) is 0 Å². The number of sulfonamides is 1. The molecule has 0 amide bonds. The lowest BCUT2D eigenvalue weighted by molar-refractivity contribution is 0.582. The minimum atomic E-state index is -3.51. The number of rotatable bonds is 6. The molecule has 0 saturated heterocycles. The minimum Gasteiger partial charge on any atom is -0.370 e. The molecular weight excluding hydrogens is 348 g/mol. The van der Waals surface area contributed by atoms with Crippen molar-refractivity contribution >= 4 is 21.7 Å². The van der Waals surface area contributed by atoms with Gasteiger partial charge in [-0.1, -0.05) is 30.3 Å². The van der Waals surface area contributed by atoms with E-state index in [0.29, 0.717) is 5.96 Å². The second-order valence-corrected chi connectivity index (χ2v) is 8.02. The Hall–Kier alpha value is -2.38. The van der Waals surface area contributed by atoms with Crippen molar-refractivity contribution in [3.05, 3.63) is 59.7 Å². The Morgan fingerprint density at radius 3 is 2.62 bits per heavy atom. The summed E-state index contributed by atoms with van der Waals surface area (Å²) >= 11 is 0. The molecule has 6 nitrogen and oxygen atoms in total. The van der Waals surface area contributed by atoms with Crippen LogP contribution in [0.4, 0.5) is 5.69 Å². The fourth-order valence-corrected chi connectivity index (χ4v) is 4.16. The summed E-state index contributed by atoms with van der Waals surface area (Å²) in [6.45, 7) is 0.451. The van der Waals surface area contributed by atoms with Gasteiger partial charge in [0.1, 0.15) is 0 Å². The Balaban J connectivity index is 1.55. The summed E-state index contributed by atoms with van der Waals surface area (Å²) in [5, 5.41) is 3.15. The fourth-order valence-electron chi connectivity index (χ4n) is 3.12. The topological polar surface area (TPSA) is 96.6 Å². The summed E-state index contributed by atoms with van der Waals surface area (Å²) in [7, 11) is -3.51. The van der Waals surface area contributed by atoms with Crippen molar-refractivity contribution in [3.8, 4) is 0 Å². The summed E-state index contributed by atoms with van der Waals surface area (Å²) in [4.78, 5) is 4.46. The number of aryl methyl sites for hydroxylation is 1. The molecule has 138 valence electrons. The Labute approximate surface area is 154 Å². The van der Waals surface area contributed by atoms with Gasteiger partial charge in [-0.3, -0.25) is 4.99 Å². The summed E-state index contributed by atoms with van der Waals surface area (Å²) in [6.07, 6.45) is 4.55. The number of fused-ring (bicyclic) bond motifs is 1. The number of hydrogen-bond acceptors (Lipinski definition) is 3. The number of nitrogens with one attached hydrogen (secondary N) is 2. The Morgan fingerprint density at radius 1 is 1.04 bits per heavy atom. The van der Waals surface area contributed by atoms with Crippen LogP contribution in [0.3, 0.4) is 0 Å². The second-order valence-electron chi connectivity index (χ2n) is 6.25. The zero-order chi connectivity index (χ0) is 18.4. The highest BCUT2D eigenvalue weighted by molar-refractivity contribution is 7.89. The normalized spacial score (nSPS) is 14.7. The maximum Gasteiger partial charge on any atom is 0.240 e. The van der Waals surface area contributed by atoms with Gasteiger partial charge < -0.3 is 11.1 Å². The molecule has 0 aromatic heterocycles. The predicted molar refractivity (Wildman–Crippen MR) is 105 cm³/mol. The molecule has 7 heteroatoms. The smallest absolute Gasteiger partial charge is 0.240 e. The van der Waals surface area contributed by atoms with Crippen molar-refractivity contribution in [1.82, 2.24) is 4.72 Å². The highest BCUT2D eigenvalue weighted by Crippen LogP contribution is 2.27. The molecule has 0 aliphatic heterocycles. The van der Waals surface area contributed by atoms with Gasteiger partial charge in [-0.25, -0.2) is 13.1 Å². The average molecular weight is 372 g/mol. The number of nitrogens with zero attached hydrogens (tertiary/aromatic N) is 1. The van der Waals surface area contributed by atoms with Crippen molar-refractivity contribution in [1.29, 1.82) is 0 Å². The lowest BCUT2D eigenvalue weighted by Gasteiger charge is -2.19. The monoisotopic (exact) mass is 372 g/mol. The van der Waals surface area contributed by atoms with E-state index in [4.69, 9.17) is 5.73 Å². The van der Waals surface area contributed by atoms with E-state index >= 15 is 0 Å². The number of hydrogen-bond donors (Lipinski definition) is 3. The Bertz CT molecular complexity index is 880. The van der Waals surface area contributed by atoms with Crippen LogP contribution in [-0.2, 0) is 22.9 Å². The third-order valence-corrected chi connectivity index (χ3v) is 5.88. The molecule has 2 aromatic rings. The first-order valence-electron chi connectivity index (χ1n) is 8.79. The molecule has 4 N–H and O–H groups in total. The van der Waals surface area contributed by atoms with Crippen LogP contribution in [0.2, 0.25) is 0 Å². The molecule has 2 aromatic carbocycles. The molecule has 1 aliphatic carbocycles. The molecule has 0 heterocycles. The van der Waals surface area contributed by atoms with Crippen LogP contribution in [-0.4, -0.2) is 27.5 Å². The quantitative estimate of drug-likeness (QED) is 0.412. The number of guanidine groups is 1. The number of anilines is 1. The zero-order valence-electron chi connectivity index (χ0n) is 14.6. The van der Waals surface area contributed by atoms with E-state index in [2.05, 4.69) is 21.1 Å². The Morgan fingerprint density at radius 2 is 1.81 bits per heavy atom. The van der Waals surface area contributed by atoms with Gasteiger partial charge in [0, 0.05) is 12.2 Å². The summed E-state index contributed by atoms with van der Waals surface area (Å²) in [5.41, 5.74) is 9.63. The first-order chi connectivity index (χ1) is 12.6. The van der Waals surface area contributed by atoms with Crippen LogP contribution in [0.25, 0.3) is 0 Å². The average Bonchev–Trinajstić information content (AvgIpc) is 2.66. The van der Waals surface area contributed by atoms with E-state index in [-0.39, 0.29) is 18.0 Å². The molecule has 0 atom stereocenters. The van der Waals surface area contributed by atoms with Crippen LogP contribution in [0, 0.1) is 0 Å². The first kappa shape index (κ1) is 18.4. The molecule has 26 heavy (non-hydrogen) atoms. The van der Waals surface area contributed by atoms with Crippen LogP contribution in [0.15, 0.2) is 58.4 Å². The molecule has 0 bridgehead atoms. The summed E-state index contributed by atoms with van der Waals surface area (Å²) < 4.78 is 26.8. The van der Waals surface area contributed by atoms with Gasteiger partial charge in [0.15, 0.2) is 5.96 Å². The van der Waals surface area contributed by atoms with Crippen LogP contribution >= 0.6 is 0 Å². The maximum absolute atomic E-state index is 12.1. The highest BCUT2D eigenvalue weighted by Gasteiger charge is 2.14. The minimum absolute atomic E-state index is 0.187. The standard InChI is InChI=1S/C19H24N4O2S/c20-19(23-18-12-6-8-15-7-4-5-11-17(15)18)21-13-14-22-26(24,25)16-9-2-1-3-10-16/h1-3,6,8-10,12,22H,4-5,7,11,13-14H2,(H3,20,21,23). The van der Waals surface area contributed by atoms with Crippen molar-refractivity contribution in [3.63, 3.8) is 0 Å². The van der Waals surface area contributed by atoms with E-state index in [1.54, 1.807) is 30.3 Å². The summed E-state index contributed by atoms with van der Waals surface area (Å²) in [6, 6.07) is 14.5. The van der Waals surface area contributed by atoms with Gasteiger partial charge in [0.25, 0.3) is 0 Å². The lowest BCUT2D eigenvalue weighted by Crippen LogP contribution is -2.29. The molecule has 0 unspecified atom stereocenters. The molecule has 1 aliphatic rings. The van der Waals surface area contributed by atoms with Gasteiger partial charge >= 0.3 is 0 Å². The maximum atomic E-state index is 12.1. The zero-order valence-corrected chi connectivity index (χ0v) is 15.4. The molecule has 3 rings (SSSR count). The number of aliphatic imine (C=N–C) groups is 1. The predicted octanol–water partition coefficient (Wildman–Crippen LogP) is 2.27. The molecule has 0 spiro atoms. The van der Waals surface area contributed by atoms with Crippen molar-refractivity contribution in [2.24, 2.45) is 10.7 Å². The molecule has 0 fully saturated rings. The third-order valence-electron chi connectivity index (χ3n) is 4.40. The van der Waals surface area contributed by atoms with Crippen molar-refractivity contribution in [2.75, 3.05) is 18.4 Å². The van der Waals surface area contributed by atoms with E-state index in [9.17, 15) is 8.42 Å². The number of benzene rings is 2. The molecule has 0 saturated carbocycles. The number of nitrogens with two attached hydrogens (primary N) is 1. The Kier molecular flexibility index (Phi) is 5.90. The van der Waals surface area contributed by atoms with Gasteiger partial charge in [-0.15, -0.1) is 0 Å². The summed E-state index contributed by atoms with van der Waals surface area (Å²) in [5.74, 6) is 0.294. The second kappa shape index (κ2) is 8.33. The third kappa shape index (κ3) is 4.62. The van der Waals surface area contributed by atoms with Gasteiger partial charge in [0.05, 0.1) is 11.4 Å². The van der Waals surface area contributed by atoms with Crippen LogP contribution < -0.4 is 15.8 Å². The fraction of sp³-hybridized carbons (Fsp3) is 0.316. The van der Waals surface area contributed by atoms with E-state index in [1.165, 1.54) is 24.0 Å². The SMILES string of the molecule is NC(=NCCNS(=O)(=O)c1ccccc1)Nc1cccc2c1CCCC2. The van der Waals surface area contributed by atoms with E-state index in [0.717, 1.165) is 18.5 Å². The van der Waals surface area contributed by atoms with Crippen molar-refractivity contribution < 1.29 is 8.42 Å². The lowest BCUT2D eigenvalue weighted by atomic mass is 9.90. The van der Waals surface area contributed by atoms with Gasteiger partial charge in [-0.05, 0) is 55.0 Å². The highest BCUT2D eigenvalue weighted by atomic mass is 32.2. The first-order valence-corrected chi connectivity index (χ1v) is 10.3. The van der Waals surface area contributed by atoms with E-state index in [1.807, 2.05) is 12.1 Å². The largest absolute Gasteiger partial charge is 0.370 e. The van der Waals surface area contributed by atoms with Gasteiger partial charge in [0.2, 0.25) is 10.0 Å². The molecule has 0 radical (unpaired) electrons. The van der Waals surface area contributed by atoms with Crippen LogP contribution in [0.5, 0.6) is 0 Å². The van der Waals surface area contributed by atoms with Crippen molar-refractivity contribution in [2.45, 2.75) is 30.6 Å². The van der Waals surface area contributed by atoms with Crippen LogP contribution in [0.1, 0.15) is 24.0 Å².